The first kappa shape index (κ1) is 8.23. The molecule has 3 nitrogen and oxygen atoms in total. The Balaban J connectivity index is 2.58. The van der Waals surface area contributed by atoms with Crippen molar-refractivity contribution in [2.45, 2.75) is 0 Å². The first-order valence-electron chi connectivity index (χ1n) is 3.15. The Kier molecular flexibility index (Phi) is 3.07. The lowest BCUT2D eigenvalue weighted by molar-refractivity contribution is 0.562. The summed E-state index contributed by atoms with van der Waals surface area (Å²) >= 11 is -1.40. The van der Waals surface area contributed by atoms with Crippen molar-refractivity contribution in [3.05, 3.63) is 30.3 Å². The van der Waals surface area contributed by atoms with E-state index in [0.717, 1.165) is 0 Å². The van der Waals surface area contributed by atoms with Gasteiger partial charge in [-0.2, -0.15) is 0 Å². The Morgan fingerprint density at radius 1 is 1.36 bits per heavy atom. The normalized spacial score (nSPS) is 12.5. The smallest absolute Gasteiger partial charge is 0.220 e. The van der Waals surface area contributed by atoms with E-state index in [4.69, 9.17) is 9.92 Å². The van der Waals surface area contributed by atoms with Crippen molar-refractivity contribution in [1.29, 1.82) is 0 Å². The summed E-state index contributed by atoms with van der Waals surface area (Å²) in [5.41, 5.74) is 5.09. The maximum Gasteiger partial charge on any atom is 0.220 e. The van der Waals surface area contributed by atoms with Gasteiger partial charge in [0.05, 0.1) is 0 Å². The molecule has 0 aliphatic carbocycles. The zero-order chi connectivity index (χ0) is 8.10. The van der Waals surface area contributed by atoms with Gasteiger partial charge in [0.1, 0.15) is 11.6 Å². The maximum atomic E-state index is 10.7. The second-order valence-corrected chi connectivity index (χ2v) is 2.97. The van der Waals surface area contributed by atoms with Gasteiger partial charge in [-0.15, -0.1) is 0 Å². The molecule has 1 aromatic carbocycles. The van der Waals surface area contributed by atoms with Crippen LogP contribution in [0.4, 0.5) is 0 Å². The molecule has 60 valence electrons. The fourth-order valence-electron chi connectivity index (χ4n) is 0.617. The fourth-order valence-corrected chi connectivity index (χ4v) is 1.01. The Bertz CT molecular complexity index is 237. The highest BCUT2D eigenvalue weighted by Crippen LogP contribution is 2.08. The molecule has 0 saturated heterocycles. The van der Waals surface area contributed by atoms with E-state index in [0.29, 0.717) is 5.75 Å². The fraction of sp³-hybridized carbons (Fsp3) is 0.143. The summed E-state index contributed by atoms with van der Waals surface area (Å²) in [5, 5.41) is 0. The van der Waals surface area contributed by atoms with Crippen molar-refractivity contribution >= 4 is 11.1 Å². The van der Waals surface area contributed by atoms with Gasteiger partial charge < -0.3 is 9.92 Å². The number of nitrogens with two attached hydrogens (primary N) is 1. The highest BCUT2D eigenvalue weighted by Gasteiger charge is 1.96. The molecule has 0 aliphatic rings. The summed E-state index contributed by atoms with van der Waals surface area (Å²) in [5.74, 6) is 0.603. The van der Waals surface area contributed by atoms with E-state index in [1.807, 2.05) is 18.2 Å². The molecular formula is C7H9NO2S. The van der Waals surface area contributed by atoms with Gasteiger partial charge in [0.15, 0.2) is 0 Å². The minimum Gasteiger partial charge on any atom is -0.400 e. The zero-order valence-electron chi connectivity index (χ0n) is 5.90. The predicted octanol–water partition coefficient (Wildman–Crippen LogP) is 0.645. The Hall–Kier alpha value is -0.870. The Morgan fingerprint density at radius 3 is 2.55 bits per heavy atom. The van der Waals surface area contributed by atoms with Crippen molar-refractivity contribution in [3.8, 4) is 5.75 Å². The van der Waals surface area contributed by atoms with Gasteiger partial charge in [-0.05, 0) is 12.1 Å². The van der Waals surface area contributed by atoms with Crippen LogP contribution in [-0.4, -0.2) is 10.1 Å². The Labute approximate surface area is 67.8 Å². The van der Waals surface area contributed by atoms with Crippen molar-refractivity contribution in [2.24, 2.45) is 5.73 Å². The molecule has 1 unspecified atom stereocenters. The lowest BCUT2D eigenvalue weighted by Crippen LogP contribution is -2.12. The number of rotatable bonds is 3. The standard InChI is InChI=1S/C7H9NO2S/c8-6-11(9)10-7-4-2-1-3-5-7/h1-5H,6,8H2. The molecule has 0 saturated carbocycles. The highest BCUT2D eigenvalue weighted by atomic mass is 32.2. The van der Waals surface area contributed by atoms with E-state index < -0.39 is 11.1 Å². The van der Waals surface area contributed by atoms with Crippen molar-refractivity contribution < 1.29 is 8.39 Å². The topological polar surface area (TPSA) is 52.3 Å². The quantitative estimate of drug-likeness (QED) is 0.726. The number of para-hydroxylation sites is 1. The summed E-state index contributed by atoms with van der Waals surface area (Å²) < 4.78 is 15.7. The summed E-state index contributed by atoms with van der Waals surface area (Å²) in [6.07, 6.45) is 0. The molecule has 1 atom stereocenters. The van der Waals surface area contributed by atoms with E-state index >= 15 is 0 Å². The largest absolute Gasteiger partial charge is 0.400 e. The highest BCUT2D eigenvalue weighted by molar-refractivity contribution is 7.80. The molecule has 0 aliphatic heterocycles. The molecular weight excluding hydrogens is 162 g/mol. The molecule has 0 spiro atoms. The van der Waals surface area contributed by atoms with Gasteiger partial charge in [0.2, 0.25) is 11.1 Å². The van der Waals surface area contributed by atoms with Crippen LogP contribution in [0.3, 0.4) is 0 Å². The van der Waals surface area contributed by atoms with Gasteiger partial charge in [-0.25, -0.2) is 4.21 Å². The number of hydrogen-bond acceptors (Lipinski definition) is 3. The van der Waals surface area contributed by atoms with E-state index in [9.17, 15) is 4.21 Å². The third-order valence-electron chi connectivity index (χ3n) is 1.07. The molecule has 11 heavy (non-hydrogen) atoms. The molecule has 2 N–H and O–H groups in total. The third-order valence-corrected chi connectivity index (χ3v) is 1.72. The Morgan fingerprint density at radius 2 is 2.00 bits per heavy atom. The summed E-state index contributed by atoms with van der Waals surface area (Å²) in [7, 11) is 0. The molecule has 0 radical (unpaired) electrons. The minimum atomic E-state index is -1.40. The molecule has 0 aromatic heterocycles. The summed E-state index contributed by atoms with van der Waals surface area (Å²) in [4.78, 5) is 0. The predicted molar refractivity (Wildman–Crippen MR) is 44.3 cm³/mol. The van der Waals surface area contributed by atoms with Crippen LogP contribution in [0.15, 0.2) is 30.3 Å². The average molecular weight is 171 g/mol. The summed E-state index contributed by atoms with van der Waals surface area (Å²) in [6, 6.07) is 8.94. The minimum absolute atomic E-state index is 0.0227. The van der Waals surface area contributed by atoms with Gasteiger partial charge in [0.25, 0.3) is 0 Å². The van der Waals surface area contributed by atoms with Crippen LogP contribution < -0.4 is 9.92 Å². The van der Waals surface area contributed by atoms with Gasteiger partial charge >= 0.3 is 0 Å². The average Bonchev–Trinajstić information content (AvgIpc) is 2.06. The molecule has 0 amide bonds. The molecule has 1 rings (SSSR count). The third kappa shape index (κ3) is 2.69. The van der Waals surface area contributed by atoms with Gasteiger partial charge in [0, 0.05) is 0 Å². The van der Waals surface area contributed by atoms with E-state index in [1.165, 1.54) is 0 Å². The van der Waals surface area contributed by atoms with Gasteiger partial charge in [-0.1, -0.05) is 18.2 Å². The van der Waals surface area contributed by atoms with Crippen LogP contribution in [0.5, 0.6) is 5.75 Å². The summed E-state index contributed by atoms with van der Waals surface area (Å²) in [6.45, 7) is 0. The van der Waals surface area contributed by atoms with E-state index in [1.54, 1.807) is 12.1 Å². The first-order valence-corrected chi connectivity index (χ1v) is 4.39. The second-order valence-electron chi connectivity index (χ2n) is 1.87. The van der Waals surface area contributed by atoms with Crippen LogP contribution in [0, 0.1) is 0 Å². The van der Waals surface area contributed by atoms with Gasteiger partial charge in [-0.3, -0.25) is 0 Å². The first-order chi connectivity index (χ1) is 5.33. The van der Waals surface area contributed by atoms with E-state index in [2.05, 4.69) is 0 Å². The lowest BCUT2D eigenvalue weighted by atomic mass is 10.3. The maximum absolute atomic E-state index is 10.7. The van der Waals surface area contributed by atoms with Crippen LogP contribution >= 0.6 is 0 Å². The molecule has 4 heteroatoms. The van der Waals surface area contributed by atoms with Crippen molar-refractivity contribution in [2.75, 3.05) is 5.88 Å². The second kappa shape index (κ2) is 4.10. The molecule has 0 bridgehead atoms. The van der Waals surface area contributed by atoms with Crippen molar-refractivity contribution in [1.82, 2.24) is 0 Å². The molecule has 1 aromatic rings. The SMILES string of the molecule is NCS(=O)Oc1ccccc1. The van der Waals surface area contributed by atoms with Crippen molar-refractivity contribution in [3.63, 3.8) is 0 Å². The molecule has 0 fully saturated rings. The number of benzene rings is 1. The van der Waals surface area contributed by atoms with Crippen LogP contribution in [0.1, 0.15) is 0 Å². The van der Waals surface area contributed by atoms with E-state index in [-0.39, 0.29) is 5.88 Å². The molecule has 0 heterocycles. The van der Waals surface area contributed by atoms with Crippen LogP contribution in [-0.2, 0) is 11.1 Å². The number of hydrogen-bond donors (Lipinski definition) is 1. The van der Waals surface area contributed by atoms with Crippen LogP contribution in [0.2, 0.25) is 0 Å². The zero-order valence-corrected chi connectivity index (χ0v) is 6.71. The van der Waals surface area contributed by atoms with Crippen LogP contribution in [0.25, 0.3) is 0 Å². The lowest BCUT2D eigenvalue weighted by Gasteiger charge is -2.00. The monoisotopic (exact) mass is 171 g/mol.